The van der Waals surface area contributed by atoms with Crippen molar-refractivity contribution in [2.45, 2.75) is 62.9 Å². The average molecular weight is 477 g/mol. The number of likely N-dealkylation sites (tertiary alicyclic amines) is 1. The minimum atomic E-state index is -0.989. The van der Waals surface area contributed by atoms with Crippen LogP contribution in [0.25, 0.3) is 11.1 Å². The van der Waals surface area contributed by atoms with E-state index >= 15 is 0 Å². The van der Waals surface area contributed by atoms with Crippen LogP contribution < -0.4 is 5.32 Å². The Hall–Kier alpha value is -3.35. The number of fused-ring (bicyclic) bond motifs is 4. The molecule has 3 aliphatic rings. The van der Waals surface area contributed by atoms with Crippen LogP contribution in [0.4, 0.5) is 4.79 Å². The van der Waals surface area contributed by atoms with Crippen LogP contribution in [0.15, 0.2) is 48.5 Å². The number of ether oxygens (including phenoxy) is 1. The second-order valence-electron chi connectivity index (χ2n) is 9.93. The summed E-state index contributed by atoms with van der Waals surface area (Å²) in [5.41, 5.74) is 3.68. The highest BCUT2D eigenvalue weighted by Gasteiger charge is 2.66. The predicted octanol–water partition coefficient (Wildman–Crippen LogP) is 4.55. The van der Waals surface area contributed by atoms with Crippen LogP contribution in [0.5, 0.6) is 0 Å². The molecule has 3 atom stereocenters. The van der Waals surface area contributed by atoms with E-state index in [0.717, 1.165) is 24.0 Å². The first kappa shape index (κ1) is 23.4. The van der Waals surface area contributed by atoms with Gasteiger partial charge in [0.2, 0.25) is 5.91 Å². The summed E-state index contributed by atoms with van der Waals surface area (Å²) < 4.78 is 5.64. The molecule has 2 aromatic carbocycles. The van der Waals surface area contributed by atoms with Gasteiger partial charge in [-0.2, -0.15) is 0 Å². The number of hydrogen-bond acceptors (Lipinski definition) is 4. The standard InChI is InChI=1S/C28H32N2O5/c1-2-19(13-14-25(31)30-15-7-8-18-16-28(18,30)26(32)33)29-27(34)35-17-24-22-11-5-3-9-20(22)21-10-4-6-12-23(21)24/h3-6,9-12,18-19,24H,2,7-8,13-17H2,1H3,(H,29,34)(H,32,33)/t18-,19?,28+/m0/s1. The number of carboxylic acid groups (broad SMARTS) is 1. The zero-order valence-corrected chi connectivity index (χ0v) is 20.0. The summed E-state index contributed by atoms with van der Waals surface area (Å²) in [6.07, 6.45) is 3.11. The molecule has 5 rings (SSSR count). The van der Waals surface area contributed by atoms with Crippen LogP contribution in [0.1, 0.15) is 62.5 Å². The number of aliphatic carboxylic acids is 1. The van der Waals surface area contributed by atoms with Crippen molar-refractivity contribution in [2.24, 2.45) is 5.92 Å². The van der Waals surface area contributed by atoms with E-state index in [1.54, 1.807) is 4.90 Å². The Morgan fingerprint density at radius 1 is 1.11 bits per heavy atom. The maximum atomic E-state index is 12.9. The van der Waals surface area contributed by atoms with Crippen molar-refractivity contribution in [3.05, 3.63) is 59.7 Å². The number of nitrogens with zero attached hydrogens (tertiary/aromatic N) is 1. The number of carboxylic acids is 1. The monoisotopic (exact) mass is 476 g/mol. The smallest absolute Gasteiger partial charge is 0.407 e. The van der Waals surface area contributed by atoms with Crippen LogP contribution in [0.3, 0.4) is 0 Å². The molecule has 0 bridgehead atoms. The maximum Gasteiger partial charge on any atom is 0.407 e. The van der Waals surface area contributed by atoms with Crippen molar-refractivity contribution in [1.82, 2.24) is 10.2 Å². The van der Waals surface area contributed by atoms with Gasteiger partial charge in [-0.1, -0.05) is 55.5 Å². The van der Waals surface area contributed by atoms with Gasteiger partial charge < -0.3 is 20.1 Å². The van der Waals surface area contributed by atoms with E-state index in [1.807, 2.05) is 31.2 Å². The van der Waals surface area contributed by atoms with Crippen LogP contribution in [-0.4, -0.2) is 52.7 Å². The molecule has 1 unspecified atom stereocenters. The highest BCUT2D eigenvalue weighted by Crippen LogP contribution is 2.54. The molecule has 2 fully saturated rings. The fourth-order valence-corrected chi connectivity index (χ4v) is 6.03. The van der Waals surface area contributed by atoms with Crippen LogP contribution in [-0.2, 0) is 14.3 Å². The average Bonchev–Trinajstić information content (AvgIpc) is 3.56. The molecule has 2 aliphatic carbocycles. The molecular formula is C28H32N2O5. The second-order valence-corrected chi connectivity index (χ2v) is 9.93. The van der Waals surface area contributed by atoms with E-state index in [4.69, 9.17) is 4.74 Å². The number of benzene rings is 2. The quantitative estimate of drug-likeness (QED) is 0.583. The Morgan fingerprint density at radius 2 is 1.77 bits per heavy atom. The molecule has 1 aliphatic heterocycles. The van der Waals surface area contributed by atoms with E-state index in [2.05, 4.69) is 29.6 Å². The van der Waals surface area contributed by atoms with E-state index in [-0.39, 0.29) is 36.8 Å². The molecule has 0 aromatic heterocycles. The molecule has 0 spiro atoms. The number of carbonyl (C=O) groups is 3. The third-order valence-corrected chi connectivity index (χ3v) is 8.03. The Bertz CT molecular complexity index is 1100. The molecule has 1 saturated carbocycles. The highest BCUT2D eigenvalue weighted by molar-refractivity contribution is 5.90. The molecule has 2 amide bonds. The number of piperidine rings is 1. The van der Waals surface area contributed by atoms with Gasteiger partial charge in [0.05, 0.1) is 0 Å². The molecule has 0 radical (unpaired) electrons. The van der Waals surface area contributed by atoms with E-state index < -0.39 is 17.6 Å². The maximum absolute atomic E-state index is 12.9. The van der Waals surface area contributed by atoms with Gasteiger partial charge in [-0.05, 0) is 60.3 Å². The topological polar surface area (TPSA) is 95.9 Å². The van der Waals surface area contributed by atoms with Crippen LogP contribution in [0, 0.1) is 5.92 Å². The first-order valence-electron chi connectivity index (χ1n) is 12.6. The highest BCUT2D eigenvalue weighted by atomic mass is 16.5. The van der Waals surface area contributed by atoms with E-state index in [1.165, 1.54) is 11.1 Å². The van der Waals surface area contributed by atoms with E-state index in [0.29, 0.717) is 25.8 Å². The van der Waals surface area contributed by atoms with Gasteiger partial charge in [0.25, 0.3) is 0 Å². The van der Waals surface area contributed by atoms with Crippen molar-refractivity contribution in [1.29, 1.82) is 0 Å². The van der Waals surface area contributed by atoms with Crippen molar-refractivity contribution < 1.29 is 24.2 Å². The number of alkyl carbamates (subject to hydrolysis) is 1. The van der Waals surface area contributed by atoms with Crippen molar-refractivity contribution >= 4 is 18.0 Å². The van der Waals surface area contributed by atoms with Crippen molar-refractivity contribution in [2.75, 3.05) is 13.2 Å². The largest absolute Gasteiger partial charge is 0.479 e. The van der Waals surface area contributed by atoms with Crippen molar-refractivity contribution in [3.63, 3.8) is 0 Å². The summed E-state index contributed by atoms with van der Waals surface area (Å²) >= 11 is 0. The lowest BCUT2D eigenvalue weighted by atomic mass is 9.98. The third kappa shape index (κ3) is 4.17. The Kier molecular flexibility index (Phi) is 6.26. The second kappa shape index (κ2) is 9.36. The number of carbonyl (C=O) groups excluding carboxylic acids is 2. The summed E-state index contributed by atoms with van der Waals surface area (Å²) in [5, 5.41) is 12.6. The molecule has 2 N–H and O–H groups in total. The molecular weight excluding hydrogens is 444 g/mol. The zero-order valence-electron chi connectivity index (χ0n) is 20.0. The van der Waals surface area contributed by atoms with Gasteiger partial charge in [-0.3, -0.25) is 4.79 Å². The first-order chi connectivity index (χ1) is 17.0. The Morgan fingerprint density at radius 3 is 2.40 bits per heavy atom. The fraction of sp³-hybridized carbons (Fsp3) is 0.464. The Labute approximate surface area is 205 Å². The van der Waals surface area contributed by atoms with E-state index in [9.17, 15) is 19.5 Å². The molecule has 184 valence electrons. The summed E-state index contributed by atoms with van der Waals surface area (Å²) in [6.45, 7) is 2.69. The van der Waals surface area contributed by atoms with Crippen molar-refractivity contribution in [3.8, 4) is 11.1 Å². The predicted molar refractivity (Wildman–Crippen MR) is 131 cm³/mol. The third-order valence-electron chi connectivity index (χ3n) is 8.03. The van der Waals surface area contributed by atoms with Gasteiger partial charge in [-0.15, -0.1) is 0 Å². The molecule has 1 saturated heterocycles. The van der Waals surface area contributed by atoms with Gasteiger partial charge in [0.15, 0.2) is 0 Å². The van der Waals surface area contributed by atoms with Gasteiger partial charge in [0, 0.05) is 24.9 Å². The van der Waals surface area contributed by atoms with Gasteiger partial charge in [0.1, 0.15) is 12.1 Å². The van der Waals surface area contributed by atoms with Crippen LogP contribution >= 0.6 is 0 Å². The summed E-state index contributed by atoms with van der Waals surface area (Å²) in [6, 6.07) is 16.2. The summed E-state index contributed by atoms with van der Waals surface area (Å²) in [5.74, 6) is -0.951. The lowest BCUT2D eigenvalue weighted by molar-refractivity contribution is -0.154. The van der Waals surface area contributed by atoms with Gasteiger partial charge in [-0.25, -0.2) is 9.59 Å². The molecule has 35 heavy (non-hydrogen) atoms. The lowest BCUT2D eigenvalue weighted by Crippen LogP contribution is -2.51. The SMILES string of the molecule is CCC(CCC(=O)N1CCC[C@H]2C[C@]21C(=O)O)NC(=O)OCC1c2ccccc2-c2ccccc21. The normalized spacial score (nSPS) is 23.0. The summed E-state index contributed by atoms with van der Waals surface area (Å²) in [7, 11) is 0. The molecule has 1 heterocycles. The summed E-state index contributed by atoms with van der Waals surface area (Å²) in [4.78, 5) is 38.9. The zero-order chi connectivity index (χ0) is 24.6. The number of hydrogen-bond donors (Lipinski definition) is 2. The van der Waals surface area contributed by atoms with Crippen LogP contribution in [0.2, 0.25) is 0 Å². The lowest BCUT2D eigenvalue weighted by Gasteiger charge is -2.34. The number of amides is 2. The minimum absolute atomic E-state index is 0.00685. The fourth-order valence-electron chi connectivity index (χ4n) is 6.03. The van der Waals surface area contributed by atoms with Gasteiger partial charge >= 0.3 is 12.1 Å². The molecule has 7 nitrogen and oxygen atoms in total. The molecule has 2 aromatic rings. The number of nitrogens with one attached hydrogen (secondary N) is 1. The minimum Gasteiger partial charge on any atom is -0.479 e. The first-order valence-corrected chi connectivity index (χ1v) is 12.6. The Balaban J connectivity index is 1.15. The number of rotatable bonds is 8. The molecule has 7 heteroatoms.